The molecule has 1 aromatic heterocycles. The first kappa shape index (κ1) is 10.2. The molecule has 0 aliphatic heterocycles. The van der Waals surface area contributed by atoms with Crippen LogP contribution in [-0.4, -0.2) is 22.0 Å². The average Bonchev–Trinajstić information content (AvgIpc) is 2.99. The summed E-state index contributed by atoms with van der Waals surface area (Å²) in [7, 11) is 0. The van der Waals surface area contributed by atoms with Crippen molar-refractivity contribution >= 4 is 5.91 Å². The SMILES string of the molecule is CCC(=O)NCCn1ccnc1C1CC1. The van der Waals surface area contributed by atoms with E-state index in [1.807, 2.05) is 19.3 Å². The van der Waals surface area contributed by atoms with E-state index in [2.05, 4.69) is 14.9 Å². The molecule has 2 rings (SSSR count). The number of aromatic nitrogens is 2. The molecule has 4 heteroatoms. The second-order valence-electron chi connectivity index (χ2n) is 3.96. The lowest BCUT2D eigenvalue weighted by atomic mass is 10.4. The Morgan fingerprint density at radius 3 is 3.13 bits per heavy atom. The van der Waals surface area contributed by atoms with Crippen molar-refractivity contribution in [1.82, 2.24) is 14.9 Å². The molecule has 0 atom stereocenters. The van der Waals surface area contributed by atoms with Crippen molar-refractivity contribution in [2.75, 3.05) is 6.54 Å². The molecule has 0 bridgehead atoms. The maximum Gasteiger partial charge on any atom is 0.219 e. The van der Waals surface area contributed by atoms with Crippen molar-refractivity contribution in [3.63, 3.8) is 0 Å². The molecule has 15 heavy (non-hydrogen) atoms. The van der Waals surface area contributed by atoms with Crippen LogP contribution < -0.4 is 5.32 Å². The minimum Gasteiger partial charge on any atom is -0.354 e. The van der Waals surface area contributed by atoms with Gasteiger partial charge in [-0.3, -0.25) is 4.79 Å². The fraction of sp³-hybridized carbons (Fsp3) is 0.636. The molecule has 0 saturated heterocycles. The van der Waals surface area contributed by atoms with Crippen molar-refractivity contribution in [1.29, 1.82) is 0 Å². The zero-order chi connectivity index (χ0) is 10.7. The molecule has 1 aliphatic rings. The molecule has 4 nitrogen and oxygen atoms in total. The van der Waals surface area contributed by atoms with Crippen LogP contribution in [0.15, 0.2) is 12.4 Å². The molecule has 1 fully saturated rings. The fourth-order valence-corrected chi connectivity index (χ4v) is 1.65. The predicted molar refractivity (Wildman–Crippen MR) is 57.5 cm³/mol. The summed E-state index contributed by atoms with van der Waals surface area (Å²) in [6.07, 6.45) is 6.91. The molecular weight excluding hydrogens is 190 g/mol. The van der Waals surface area contributed by atoms with Crippen LogP contribution >= 0.6 is 0 Å². The Bertz CT molecular complexity index is 341. The summed E-state index contributed by atoms with van der Waals surface area (Å²) in [4.78, 5) is 15.4. The average molecular weight is 207 g/mol. The molecule has 1 amide bonds. The Kier molecular flexibility index (Phi) is 3.04. The first-order valence-corrected chi connectivity index (χ1v) is 5.59. The second-order valence-corrected chi connectivity index (χ2v) is 3.96. The van der Waals surface area contributed by atoms with Gasteiger partial charge in [0.25, 0.3) is 0 Å². The second kappa shape index (κ2) is 4.47. The molecular formula is C11H17N3O. The van der Waals surface area contributed by atoms with E-state index >= 15 is 0 Å². The van der Waals surface area contributed by atoms with E-state index in [9.17, 15) is 4.79 Å². The number of amides is 1. The molecule has 1 heterocycles. The number of nitrogens with zero attached hydrogens (tertiary/aromatic N) is 2. The van der Waals surface area contributed by atoms with Gasteiger partial charge in [-0.15, -0.1) is 0 Å². The normalized spacial score (nSPS) is 15.3. The van der Waals surface area contributed by atoms with Crippen LogP contribution in [0, 0.1) is 0 Å². The van der Waals surface area contributed by atoms with Gasteiger partial charge in [0.1, 0.15) is 5.82 Å². The van der Waals surface area contributed by atoms with Crippen molar-refractivity contribution in [3.05, 3.63) is 18.2 Å². The number of hydrogen-bond donors (Lipinski definition) is 1. The Morgan fingerprint density at radius 2 is 2.47 bits per heavy atom. The maximum absolute atomic E-state index is 11.0. The van der Waals surface area contributed by atoms with Gasteiger partial charge in [0.15, 0.2) is 0 Å². The van der Waals surface area contributed by atoms with Gasteiger partial charge in [0.2, 0.25) is 5.91 Å². The van der Waals surface area contributed by atoms with Crippen LogP contribution in [-0.2, 0) is 11.3 Å². The van der Waals surface area contributed by atoms with Crippen LogP contribution in [0.1, 0.15) is 37.9 Å². The van der Waals surface area contributed by atoms with E-state index in [0.717, 1.165) is 6.54 Å². The molecule has 0 aromatic carbocycles. The highest BCUT2D eigenvalue weighted by Gasteiger charge is 2.27. The van der Waals surface area contributed by atoms with Gasteiger partial charge < -0.3 is 9.88 Å². The summed E-state index contributed by atoms with van der Waals surface area (Å²) in [6, 6.07) is 0. The summed E-state index contributed by atoms with van der Waals surface area (Å²) < 4.78 is 2.15. The zero-order valence-corrected chi connectivity index (χ0v) is 9.07. The van der Waals surface area contributed by atoms with Gasteiger partial charge in [-0.1, -0.05) is 6.92 Å². The van der Waals surface area contributed by atoms with E-state index in [1.165, 1.54) is 18.7 Å². The molecule has 1 aromatic rings. The molecule has 0 spiro atoms. The molecule has 0 unspecified atom stereocenters. The fourth-order valence-electron chi connectivity index (χ4n) is 1.65. The first-order valence-electron chi connectivity index (χ1n) is 5.59. The lowest BCUT2D eigenvalue weighted by Gasteiger charge is -2.07. The monoisotopic (exact) mass is 207 g/mol. The van der Waals surface area contributed by atoms with Crippen LogP contribution in [0.4, 0.5) is 0 Å². The highest BCUT2D eigenvalue weighted by molar-refractivity contribution is 5.75. The van der Waals surface area contributed by atoms with E-state index in [1.54, 1.807) is 0 Å². The first-order chi connectivity index (χ1) is 7.31. The minimum absolute atomic E-state index is 0.114. The number of rotatable bonds is 5. The quantitative estimate of drug-likeness (QED) is 0.790. The largest absolute Gasteiger partial charge is 0.354 e. The van der Waals surface area contributed by atoms with Crippen LogP contribution in [0.5, 0.6) is 0 Å². The Balaban J connectivity index is 1.82. The highest BCUT2D eigenvalue weighted by atomic mass is 16.1. The molecule has 1 aliphatic carbocycles. The third-order valence-corrected chi connectivity index (χ3v) is 2.69. The summed E-state index contributed by atoms with van der Waals surface area (Å²) in [5, 5.41) is 2.87. The van der Waals surface area contributed by atoms with Gasteiger partial charge in [-0.2, -0.15) is 0 Å². The summed E-state index contributed by atoms with van der Waals surface area (Å²) in [5.74, 6) is 1.96. The Hall–Kier alpha value is -1.32. The standard InChI is InChI=1S/C11H17N3O/c1-2-10(15)12-5-7-14-8-6-13-11(14)9-3-4-9/h6,8-9H,2-5,7H2,1H3,(H,12,15). The molecule has 1 N–H and O–H groups in total. The van der Waals surface area contributed by atoms with Crippen molar-refractivity contribution in [2.24, 2.45) is 0 Å². The minimum atomic E-state index is 0.114. The van der Waals surface area contributed by atoms with Gasteiger partial charge in [-0.05, 0) is 12.8 Å². The highest BCUT2D eigenvalue weighted by Crippen LogP contribution is 2.38. The van der Waals surface area contributed by atoms with Crippen molar-refractivity contribution in [3.8, 4) is 0 Å². The number of hydrogen-bond acceptors (Lipinski definition) is 2. The smallest absolute Gasteiger partial charge is 0.219 e. The summed E-state index contributed by atoms with van der Waals surface area (Å²) in [5.41, 5.74) is 0. The van der Waals surface area contributed by atoms with Gasteiger partial charge >= 0.3 is 0 Å². The Morgan fingerprint density at radius 1 is 1.67 bits per heavy atom. The number of imidazole rings is 1. The topological polar surface area (TPSA) is 46.9 Å². The number of carbonyl (C=O) groups excluding carboxylic acids is 1. The van der Waals surface area contributed by atoms with Gasteiger partial charge in [-0.25, -0.2) is 4.98 Å². The number of carbonyl (C=O) groups is 1. The van der Waals surface area contributed by atoms with E-state index < -0.39 is 0 Å². The van der Waals surface area contributed by atoms with Crippen LogP contribution in [0.25, 0.3) is 0 Å². The van der Waals surface area contributed by atoms with Crippen LogP contribution in [0.2, 0.25) is 0 Å². The van der Waals surface area contributed by atoms with E-state index in [0.29, 0.717) is 18.9 Å². The van der Waals surface area contributed by atoms with Gasteiger partial charge in [0.05, 0.1) is 0 Å². The maximum atomic E-state index is 11.0. The molecule has 1 saturated carbocycles. The third-order valence-electron chi connectivity index (χ3n) is 2.69. The molecule has 82 valence electrons. The van der Waals surface area contributed by atoms with Crippen molar-refractivity contribution in [2.45, 2.75) is 38.6 Å². The molecule has 0 radical (unpaired) electrons. The Labute approximate surface area is 89.7 Å². The summed E-state index contributed by atoms with van der Waals surface area (Å²) >= 11 is 0. The van der Waals surface area contributed by atoms with E-state index in [-0.39, 0.29) is 5.91 Å². The predicted octanol–water partition coefficient (Wildman–Crippen LogP) is 1.29. The lowest BCUT2D eigenvalue weighted by Crippen LogP contribution is -2.26. The zero-order valence-electron chi connectivity index (χ0n) is 9.07. The summed E-state index contributed by atoms with van der Waals surface area (Å²) in [6.45, 7) is 3.39. The lowest BCUT2D eigenvalue weighted by molar-refractivity contribution is -0.120. The van der Waals surface area contributed by atoms with Gasteiger partial charge in [0, 0.05) is 37.8 Å². The third kappa shape index (κ3) is 2.58. The number of nitrogens with one attached hydrogen (secondary N) is 1. The van der Waals surface area contributed by atoms with E-state index in [4.69, 9.17) is 0 Å². The van der Waals surface area contributed by atoms with Crippen molar-refractivity contribution < 1.29 is 4.79 Å². The van der Waals surface area contributed by atoms with Crippen LogP contribution in [0.3, 0.4) is 0 Å².